The van der Waals surface area contributed by atoms with Gasteiger partial charge in [-0.05, 0) is 61.6 Å². The summed E-state index contributed by atoms with van der Waals surface area (Å²) in [6.45, 7) is 9.31. The summed E-state index contributed by atoms with van der Waals surface area (Å²) in [6, 6.07) is 14.7. The van der Waals surface area contributed by atoms with Gasteiger partial charge in [0.05, 0.1) is 13.7 Å². The van der Waals surface area contributed by atoms with E-state index >= 15 is 0 Å². The number of nitrogens with zero attached hydrogens (tertiary/aromatic N) is 1. The summed E-state index contributed by atoms with van der Waals surface area (Å²) in [6.07, 6.45) is 0.874. The van der Waals surface area contributed by atoms with Crippen LogP contribution in [0.4, 0.5) is 0 Å². The number of benzene rings is 2. The van der Waals surface area contributed by atoms with Gasteiger partial charge >= 0.3 is 0 Å². The maximum absolute atomic E-state index is 13.1. The molecule has 2 amide bonds. The predicted molar refractivity (Wildman–Crippen MR) is 127 cm³/mol. The molecule has 1 N–H and O–H groups in total. The highest BCUT2D eigenvalue weighted by Crippen LogP contribution is 2.18. The van der Waals surface area contributed by atoms with Gasteiger partial charge < -0.3 is 19.7 Å². The van der Waals surface area contributed by atoms with Crippen LogP contribution in [0.5, 0.6) is 11.5 Å². The van der Waals surface area contributed by atoms with Gasteiger partial charge in [-0.15, -0.1) is 0 Å². The molecule has 6 nitrogen and oxygen atoms in total. The van der Waals surface area contributed by atoms with E-state index in [0.717, 1.165) is 22.6 Å². The van der Waals surface area contributed by atoms with Gasteiger partial charge in [-0.3, -0.25) is 9.59 Å². The number of hydrogen-bond donors (Lipinski definition) is 1. The third-order valence-electron chi connectivity index (χ3n) is 5.32. The lowest BCUT2D eigenvalue weighted by atomic mass is 10.1. The van der Waals surface area contributed by atoms with Crippen LogP contribution in [0.25, 0.3) is 0 Å². The van der Waals surface area contributed by atoms with Crippen LogP contribution in [0.3, 0.4) is 0 Å². The van der Waals surface area contributed by atoms with Gasteiger partial charge in [0.15, 0.2) is 0 Å². The molecule has 0 unspecified atom stereocenters. The number of rotatable bonds is 12. The zero-order valence-corrected chi connectivity index (χ0v) is 19.9. The molecular weight excluding hydrogens is 404 g/mol. The second-order valence-corrected chi connectivity index (χ2v) is 8.39. The minimum atomic E-state index is -0.552. The molecule has 0 aromatic heterocycles. The Morgan fingerprint density at radius 1 is 1.00 bits per heavy atom. The number of carbonyl (C=O) groups is 2. The van der Waals surface area contributed by atoms with Gasteiger partial charge in [0.1, 0.15) is 17.5 Å². The molecule has 2 aromatic carbocycles. The Balaban J connectivity index is 1.98. The number of hydrogen-bond acceptors (Lipinski definition) is 4. The van der Waals surface area contributed by atoms with Crippen molar-refractivity contribution in [3.05, 3.63) is 59.7 Å². The van der Waals surface area contributed by atoms with Crippen molar-refractivity contribution in [3.63, 3.8) is 0 Å². The molecule has 0 saturated carbocycles. The third-order valence-corrected chi connectivity index (χ3v) is 5.32. The summed E-state index contributed by atoms with van der Waals surface area (Å²) in [5.74, 6) is 1.66. The largest absolute Gasteiger partial charge is 0.497 e. The number of amides is 2. The van der Waals surface area contributed by atoms with Crippen LogP contribution in [0.15, 0.2) is 48.5 Å². The third kappa shape index (κ3) is 7.91. The molecule has 0 bridgehead atoms. The van der Waals surface area contributed by atoms with Crippen molar-refractivity contribution < 1.29 is 19.1 Å². The van der Waals surface area contributed by atoms with E-state index in [2.05, 4.69) is 5.32 Å². The fraction of sp³-hybridized carbons (Fsp3) is 0.462. The maximum Gasteiger partial charge on any atom is 0.242 e. The Kier molecular flexibility index (Phi) is 10.1. The van der Waals surface area contributed by atoms with Gasteiger partial charge in [-0.2, -0.15) is 0 Å². The Morgan fingerprint density at radius 3 is 2.28 bits per heavy atom. The quantitative estimate of drug-likeness (QED) is 0.498. The summed E-state index contributed by atoms with van der Waals surface area (Å²) in [5.41, 5.74) is 2.14. The van der Waals surface area contributed by atoms with E-state index in [4.69, 9.17) is 9.47 Å². The van der Waals surface area contributed by atoms with Crippen molar-refractivity contribution in [2.24, 2.45) is 5.92 Å². The molecule has 2 aromatic rings. The highest BCUT2D eigenvalue weighted by atomic mass is 16.5. The number of methoxy groups -OCH3 is 1. The molecule has 0 aliphatic carbocycles. The molecule has 6 heteroatoms. The number of ether oxygens (including phenoxy) is 2. The first kappa shape index (κ1) is 25.2. The average molecular weight is 441 g/mol. The maximum atomic E-state index is 13.1. The van der Waals surface area contributed by atoms with E-state index in [1.165, 1.54) is 0 Å². The summed E-state index contributed by atoms with van der Waals surface area (Å²) in [7, 11) is 1.62. The van der Waals surface area contributed by atoms with Crippen molar-refractivity contribution in [2.45, 2.75) is 53.1 Å². The molecule has 0 saturated heterocycles. The Morgan fingerprint density at radius 2 is 1.66 bits per heavy atom. The zero-order chi connectivity index (χ0) is 23.5. The van der Waals surface area contributed by atoms with Crippen molar-refractivity contribution in [2.75, 3.05) is 20.3 Å². The lowest BCUT2D eigenvalue weighted by molar-refractivity contribution is -0.140. The fourth-order valence-electron chi connectivity index (χ4n) is 3.24. The second-order valence-electron chi connectivity index (χ2n) is 8.39. The standard InChI is InChI=1S/C26H36N2O4/c1-19(2)17-27-26(30)21(4)28(18-22-10-7-6-9-20(22)3)25(29)11-8-16-32-24-14-12-23(31-5)13-15-24/h6-7,9-10,12-15,19,21H,8,11,16-18H2,1-5H3,(H,27,30)/t21-/m0/s1. The average Bonchev–Trinajstić information content (AvgIpc) is 2.79. The van der Waals surface area contributed by atoms with Crippen LogP contribution in [0.1, 0.15) is 44.7 Å². The van der Waals surface area contributed by atoms with Crippen LogP contribution in [-0.2, 0) is 16.1 Å². The van der Waals surface area contributed by atoms with Crippen LogP contribution in [0.2, 0.25) is 0 Å². The van der Waals surface area contributed by atoms with E-state index in [1.54, 1.807) is 18.9 Å². The summed E-state index contributed by atoms with van der Waals surface area (Å²) < 4.78 is 10.9. The monoisotopic (exact) mass is 440 g/mol. The molecule has 0 fully saturated rings. The molecule has 0 aliphatic heterocycles. The lowest BCUT2D eigenvalue weighted by Crippen LogP contribution is -2.48. The first-order valence-corrected chi connectivity index (χ1v) is 11.2. The smallest absolute Gasteiger partial charge is 0.242 e. The number of nitrogens with one attached hydrogen (secondary N) is 1. The van der Waals surface area contributed by atoms with Gasteiger partial charge in [0, 0.05) is 19.5 Å². The van der Waals surface area contributed by atoms with Gasteiger partial charge in [0.25, 0.3) is 0 Å². The molecule has 0 spiro atoms. The minimum Gasteiger partial charge on any atom is -0.497 e. The van der Waals surface area contributed by atoms with E-state index in [9.17, 15) is 9.59 Å². The molecular formula is C26H36N2O4. The minimum absolute atomic E-state index is 0.0567. The Bertz CT molecular complexity index is 864. The van der Waals surface area contributed by atoms with Crippen molar-refractivity contribution in [1.82, 2.24) is 10.2 Å². The van der Waals surface area contributed by atoms with Crippen LogP contribution < -0.4 is 14.8 Å². The highest BCUT2D eigenvalue weighted by molar-refractivity contribution is 5.87. The van der Waals surface area contributed by atoms with E-state index < -0.39 is 6.04 Å². The molecule has 32 heavy (non-hydrogen) atoms. The van der Waals surface area contributed by atoms with Gasteiger partial charge in [0.2, 0.25) is 11.8 Å². The van der Waals surface area contributed by atoms with E-state index in [0.29, 0.717) is 38.5 Å². The van der Waals surface area contributed by atoms with E-state index in [-0.39, 0.29) is 11.8 Å². The first-order valence-electron chi connectivity index (χ1n) is 11.2. The molecule has 0 aliphatic rings. The summed E-state index contributed by atoms with van der Waals surface area (Å²) in [4.78, 5) is 27.5. The summed E-state index contributed by atoms with van der Waals surface area (Å²) in [5, 5.41) is 2.95. The number of aryl methyl sites for hydroxylation is 1. The topological polar surface area (TPSA) is 67.9 Å². The van der Waals surface area contributed by atoms with Crippen molar-refractivity contribution >= 4 is 11.8 Å². The first-order chi connectivity index (χ1) is 15.3. The molecule has 1 atom stereocenters. The van der Waals surface area contributed by atoms with Crippen LogP contribution in [0, 0.1) is 12.8 Å². The van der Waals surface area contributed by atoms with Crippen molar-refractivity contribution in [1.29, 1.82) is 0 Å². The fourth-order valence-corrected chi connectivity index (χ4v) is 3.24. The van der Waals surface area contributed by atoms with Crippen LogP contribution >= 0.6 is 0 Å². The lowest BCUT2D eigenvalue weighted by Gasteiger charge is -2.29. The highest BCUT2D eigenvalue weighted by Gasteiger charge is 2.26. The van der Waals surface area contributed by atoms with Gasteiger partial charge in [-0.25, -0.2) is 0 Å². The van der Waals surface area contributed by atoms with E-state index in [1.807, 2.05) is 69.3 Å². The molecule has 0 radical (unpaired) electrons. The van der Waals surface area contributed by atoms with Crippen LogP contribution in [-0.4, -0.2) is 43.0 Å². The second kappa shape index (κ2) is 12.7. The molecule has 0 heterocycles. The normalized spacial score (nSPS) is 11.7. The van der Waals surface area contributed by atoms with Gasteiger partial charge in [-0.1, -0.05) is 38.1 Å². The summed E-state index contributed by atoms with van der Waals surface area (Å²) >= 11 is 0. The molecule has 174 valence electrons. The Labute approximate surface area is 191 Å². The Hall–Kier alpha value is -3.02. The predicted octanol–water partition coefficient (Wildman–Crippen LogP) is 4.35. The van der Waals surface area contributed by atoms with Crippen molar-refractivity contribution in [3.8, 4) is 11.5 Å². The molecule has 2 rings (SSSR count). The SMILES string of the molecule is COc1ccc(OCCCC(=O)N(Cc2ccccc2C)[C@@H](C)C(=O)NCC(C)C)cc1. The number of carbonyl (C=O) groups excluding carboxylic acids is 2. The zero-order valence-electron chi connectivity index (χ0n) is 19.9.